The van der Waals surface area contributed by atoms with Crippen LogP contribution in [0.4, 0.5) is 0 Å². The predicted octanol–water partition coefficient (Wildman–Crippen LogP) is 6.22. The summed E-state index contributed by atoms with van der Waals surface area (Å²) in [5, 5.41) is 13.3. The van der Waals surface area contributed by atoms with Crippen molar-refractivity contribution >= 4 is 43.7 Å². The largest absolute Gasteiger partial charge is 0.456 e. The van der Waals surface area contributed by atoms with E-state index in [-0.39, 0.29) is 0 Å². The second-order valence-electron chi connectivity index (χ2n) is 7.04. The van der Waals surface area contributed by atoms with Gasteiger partial charge in [-0.3, -0.25) is 4.98 Å². The summed E-state index contributed by atoms with van der Waals surface area (Å²) in [5.74, 6) is 0. The minimum atomic E-state index is 0.618. The van der Waals surface area contributed by atoms with Gasteiger partial charge in [0.25, 0.3) is 0 Å². The van der Waals surface area contributed by atoms with Crippen LogP contribution in [0.2, 0.25) is 0 Å². The molecule has 0 radical (unpaired) electrons. The van der Waals surface area contributed by atoms with Crippen molar-refractivity contribution in [2.45, 2.75) is 0 Å². The molecule has 0 bridgehead atoms. The van der Waals surface area contributed by atoms with Crippen molar-refractivity contribution < 1.29 is 4.42 Å². The van der Waals surface area contributed by atoms with E-state index in [0.29, 0.717) is 5.56 Å². The number of benzene rings is 3. The molecular formula is C25H13N3O. The van der Waals surface area contributed by atoms with Gasteiger partial charge in [0.1, 0.15) is 11.2 Å². The number of hydrogen-bond acceptors (Lipinski definition) is 4. The zero-order valence-corrected chi connectivity index (χ0v) is 15.3. The van der Waals surface area contributed by atoms with Gasteiger partial charge in [-0.05, 0) is 48.5 Å². The highest BCUT2D eigenvalue weighted by Gasteiger charge is 2.11. The molecule has 0 fully saturated rings. The lowest BCUT2D eigenvalue weighted by molar-refractivity contribution is 0.669. The third-order valence-corrected chi connectivity index (χ3v) is 5.33. The van der Waals surface area contributed by atoms with Gasteiger partial charge in [-0.2, -0.15) is 5.26 Å². The Morgan fingerprint density at radius 3 is 2.38 bits per heavy atom. The molecule has 0 unspecified atom stereocenters. The van der Waals surface area contributed by atoms with E-state index in [1.165, 1.54) is 0 Å². The average molecular weight is 371 g/mol. The van der Waals surface area contributed by atoms with E-state index in [1.807, 2.05) is 42.5 Å². The quantitative estimate of drug-likeness (QED) is 0.322. The van der Waals surface area contributed by atoms with E-state index in [0.717, 1.165) is 55.0 Å². The van der Waals surface area contributed by atoms with Crippen LogP contribution < -0.4 is 0 Å². The summed E-state index contributed by atoms with van der Waals surface area (Å²) in [4.78, 5) is 9.47. The monoisotopic (exact) mass is 371 g/mol. The summed E-state index contributed by atoms with van der Waals surface area (Å²) in [5.41, 5.74) is 5.86. The summed E-state index contributed by atoms with van der Waals surface area (Å²) in [6.45, 7) is 0. The van der Waals surface area contributed by atoms with Crippen LogP contribution in [0.25, 0.3) is 55.0 Å². The smallest absolute Gasteiger partial charge is 0.135 e. The van der Waals surface area contributed by atoms with Crippen LogP contribution in [0.5, 0.6) is 0 Å². The van der Waals surface area contributed by atoms with Crippen molar-refractivity contribution in [1.29, 1.82) is 5.26 Å². The van der Waals surface area contributed by atoms with E-state index in [4.69, 9.17) is 9.40 Å². The van der Waals surface area contributed by atoms with E-state index in [1.54, 1.807) is 12.3 Å². The summed E-state index contributed by atoms with van der Waals surface area (Å²) >= 11 is 0. The predicted molar refractivity (Wildman–Crippen MR) is 114 cm³/mol. The molecule has 0 atom stereocenters. The standard InChI is InChI=1S/C25H13N3O/c26-14-15-3-9-22-19(12-15)20-13-18(7-10-23(20)29-22)21-8-6-17-5-4-16-2-1-11-27-24(16)25(17)28-21/h1-13H. The van der Waals surface area contributed by atoms with Crippen LogP contribution in [0.3, 0.4) is 0 Å². The van der Waals surface area contributed by atoms with E-state index in [2.05, 4.69) is 35.3 Å². The summed E-state index contributed by atoms with van der Waals surface area (Å²) in [6.07, 6.45) is 1.80. The molecule has 134 valence electrons. The molecular weight excluding hydrogens is 358 g/mol. The van der Waals surface area contributed by atoms with Crippen LogP contribution in [0.15, 0.2) is 83.4 Å². The van der Waals surface area contributed by atoms with Crippen LogP contribution >= 0.6 is 0 Å². The molecule has 3 aromatic heterocycles. The van der Waals surface area contributed by atoms with E-state index < -0.39 is 0 Å². The molecule has 0 aliphatic heterocycles. The van der Waals surface area contributed by atoms with Gasteiger partial charge in [0.05, 0.1) is 28.4 Å². The first-order valence-electron chi connectivity index (χ1n) is 9.31. The molecule has 0 spiro atoms. The van der Waals surface area contributed by atoms with Crippen LogP contribution in [-0.4, -0.2) is 9.97 Å². The van der Waals surface area contributed by atoms with Gasteiger partial charge >= 0.3 is 0 Å². The first-order valence-corrected chi connectivity index (χ1v) is 9.31. The SMILES string of the molecule is N#Cc1ccc2oc3ccc(-c4ccc5ccc6cccnc6c5n4)cc3c2c1. The van der Waals surface area contributed by atoms with Crippen molar-refractivity contribution in [1.82, 2.24) is 9.97 Å². The van der Waals surface area contributed by atoms with Gasteiger partial charge in [0.15, 0.2) is 0 Å². The molecule has 0 N–H and O–H groups in total. The van der Waals surface area contributed by atoms with E-state index in [9.17, 15) is 5.26 Å². The topological polar surface area (TPSA) is 62.7 Å². The number of furan rings is 1. The number of rotatable bonds is 1. The Labute approximate surface area is 165 Å². The van der Waals surface area contributed by atoms with Crippen LogP contribution in [0.1, 0.15) is 5.56 Å². The van der Waals surface area contributed by atoms with Gasteiger partial charge < -0.3 is 4.42 Å². The van der Waals surface area contributed by atoms with Crippen molar-refractivity contribution in [2.24, 2.45) is 0 Å². The highest BCUT2D eigenvalue weighted by molar-refractivity contribution is 6.07. The zero-order valence-electron chi connectivity index (χ0n) is 15.3. The third kappa shape index (κ3) is 2.38. The molecule has 29 heavy (non-hydrogen) atoms. The average Bonchev–Trinajstić information content (AvgIpc) is 3.15. The highest BCUT2D eigenvalue weighted by Crippen LogP contribution is 2.33. The molecule has 0 aliphatic rings. The van der Waals surface area contributed by atoms with Crippen molar-refractivity contribution in [2.75, 3.05) is 0 Å². The summed E-state index contributed by atoms with van der Waals surface area (Å²) in [7, 11) is 0. The first kappa shape index (κ1) is 15.8. The first-order chi connectivity index (χ1) is 14.3. The Hall–Kier alpha value is -4.23. The number of pyridine rings is 2. The molecule has 4 heteroatoms. The van der Waals surface area contributed by atoms with Gasteiger partial charge in [-0.25, -0.2) is 4.98 Å². The lowest BCUT2D eigenvalue weighted by Crippen LogP contribution is -1.88. The molecule has 3 aromatic carbocycles. The second-order valence-corrected chi connectivity index (χ2v) is 7.04. The normalized spacial score (nSPS) is 11.4. The maximum atomic E-state index is 9.23. The minimum Gasteiger partial charge on any atom is -0.456 e. The highest BCUT2D eigenvalue weighted by atomic mass is 16.3. The fourth-order valence-corrected chi connectivity index (χ4v) is 3.89. The lowest BCUT2D eigenvalue weighted by Gasteiger charge is -2.06. The van der Waals surface area contributed by atoms with Crippen LogP contribution in [0, 0.1) is 11.3 Å². The Bertz CT molecular complexity index is 1620. The Balaban J connectivity index is 1.60. The van der Waals surface area contributed by atoms with Crippen molar-refractivity contribution in [3.8, 4) is 17.3 Å². The van der Waals surface area contributed by atoms with Crippen molar-refractivity contribution in [3.05, 3.63) is 84.6 Å². The molecule has 0 aliphatic carbocycles. The fraction of sp³-hybridized carbons (Fsp3) is 0. The van der Waals surface area contributed by atoms with Gasteiger partial charge in [-0.1, -0.05) is 24.3 Å². The maximum absolute atomic E-state index is 9.23. The second kappa shape index (κ2) is 5.88. The lowest BCUT2D eigenvalue weighted by atomic mass is 10.0. The number of aromatic nitrogens is 2. The molecule has 0 amide bonds. The summed E-state index contributed by atoms with van der Waals surface area (Å²) < 4.78 is 5.93. The Morgan fingerprint density at radius 1 is 0.759 bits per heavy atom. The number of nitrogens with zero attached hydrogens (tertiary/aromatic N) is 3. The molecule has 0 saturated carbocycles. The third-order valence-electron chi connectivity index (χ3n) is 5.33. The fourth-order valence-electron chi connectivity index (χ4n) is 3.89. The van der Waals surface area contributed by atoms with Crippen molar-refractivity contribution in [3.63, 3.8) is 0 Å². The minimum absolute atomic E-state index is 0.618. The Morgan fingerprint density at radius 2 is 1.52 bits per heavy atom. The molecule has 0 saturated heterocycles. The molecule has 6 aromatic rings. The van der Waals surface area contributed by atoms with Gasteiger partial charge in [0.2, 0.25) is 0 Å². The number of nitriles is 1. The zero-order chi connectivity index (χ0) is 19.4. The van der Waals surface area contributed by atoms with Gasteiger partial charge in [0, 0.05) is 33.3 Å². The van der Waals surface area contributed by atoms with Crippen LogP contribution in [-0.2, 0) is 0 Å². The Kier molecular flexibility index (Phi) is 3.20. The maximum Gasteiger partial charge on any atom is 0.135 e. The van der Waals surface area contributed by atoms with Gasteiger partial charge in [-0.15, -0.1) is 0 Å². The number of fused-ring (bicyclic) bond motifs is 6. The van der Waals surface area contributed by atoms with E-state index >= 15 is 0 Å². The molecule has 3 heterocycles. The summed E-state index contributed by atoms with van der Waals surface area (Å²) in [6, 6.07) is 26.0. The number of hydrogen-bond donors (Lipinski definition) is 0. The molecule has 4 nitrogen and oxygen atoms in total. The molecule has 6 rings (SSSR count).